The van der Waals surface area contributed by atoms with Crippen LogP contribution in [-0.2, 0) is 6.54 Å². The lowest BCUT2D eigenvalue weighted by Crippen LogP contribution is -2.20. The summed E-state index contributed by atoms with van der Waals surface area (Å²) in [7, 11) is 2.13. The topological polar surface area (TPSA) is 42.2 Å². The zero-order valence-electron chi connectivity index (χ0n) is 11.2. The van der Waals surface area contributed by atoms with Crippen molar-refractivity contribution in [3.63, 3.8) is 0 Å². The van der Waals surface area contributed by atoms with E-state index >= 15 is 0 Å². The van der Waals surface area contributed by atoms with Gasteiger partial charge in [0.05, 0.1) is 5.52 Å². The standard InChI is InChI=1S/C15H21N3/c1-3-4-9-18(2)11-13-10-12-7-5-6-8-14(12)17-15(13)16/h5-8,10H,3-4,9,11H2,1-2H3,(H2,16,17). The summed E-state index contributed by atoms with van der Waals surface area (Å²) < 4.78 is 0. The summed E-state index contributed by atoms with van der Waals surface area (Å²) in [6.07, 6.45) is 2.44. The Labute approximate surface area is 109 Å². The first kappa shape index (κ1) is 12.8. The summed E-state index contributed by atoms with van der Waals surface area (Å²) in [5.74, 6) is 0.650. The fourth-order valence-corrected chi connectivity index (χ4v) is 2.10. The van der Waals surface area contributed by atoms with Crippen LogP contribution in [0.3, 0.4) is 0 Å². The maximum Gasteiger partial charge on any atom is 0.128 e. The van der Waals surface area contributed by atoms with E-state index in [-0.39, 0.29) is 0 Å². The quantitative estimate of drug-likeness (QED) is 0.877. The molecule has 0 aliphatic carbocycles. The van der Waals surface area contributed by atoms with Crippen molar-refractivity contribution in [1.82, 2.24) is 9.88 Å². The molecule has 0 radical (unpaired) electrons. The maximum atomic E-state index is 6.03. The van der Waals surface area contributed by atoms with Crippen LogP contribution in [-0.4, -0.2) is 23.5 Å². The van der Waals surface area contributed by atoms with Crippen molar-refractivity contribution < 1.29 is 0 Å². The number of anilines is 1. The predicted octanol–water partition coefficient (Wildman–Crippen LogP) is 3.05. The highest BCUT2D eigenvalue weighted by Crippen LogP contribution is 2.19. The van der Waals surface area contributed by atoms with Gasteiger partial charge in [-0.05, 0) is 32.1 Å². The monoisotopic (exact) mass is 243 g/mol. The molecule has 2 rings (SSSR count). The van der Waals surface area contributed by atoms with Crippen molar-refractivity contribution in [3.8, 4) is 0 Å². The van der Waals surface area contributed by atoms with Gasteiger partial charge in [-0.15, -0.1) is 0 Å². The summed E-state index contributed by atoms with van der Waals surface area (Å²) in [5, 5.41) is 1.16. The number of para-hydroxylation sites is 1. The number of unbranched alkanes of at least 4 members (excludes halogenated alkanes) is 1. The molecule has 0 spiro atoms. The second-order valence-corrected chi connectivity index (χ2v) is 4.82. The Morgan fingerprint density at radius 1 is 1.28 bits per heavy atom. The number of fused-ring (bicyclic) bond motifs is 1. The second-order valence-electron chi connectivity index (χ2n) is 4.82. The van der Waals surface area contributed by atoms with E-state index in [2.05, 4.69) is 36.0 Å². The molecule has 0 aliphatic rings. The van der Waals surface area contributed by atoms with Gasteiger partial charge in [0.1, 0.15) is 5.82 Å². The molecule has 0 atom stereocenters. The first-order valence-corrected chi connectivity index (χ1v) is 6.53. The summed E-state index contributed by atoms with van der Waals surface area (Å²) in [6.45, 7) is 4.17. The van der Waals surface area contributed by atoms with Crippen LogP contribution in [0.2, 0.25) is 0 Å². The number of nitrogen functional groups attached to an aromatic ring is 1. The zero-order valence-corrected chi connectivity index (χ0v) is 11.2. The van der Waals surface area contributed by atoms with Gasteiger partial charge in [-0.1, -0.05) is 31.5 Å². The fourth-order valence-electron chi connectivity index (χ4n) is 2.10. The van der Waals surface area contributed by atoms with E-state index in [0.29, 0.717) is 5.82 Å². The number of hydrogen-bond acceptors (Lipinski definition) is 3. The highest BCUT2D eigenvalue weighted by Gasteiger charge is 2.06. The molecule has 1 heterocycles. The lowest BCUT2D eigenvalue weighted by molar-refractivity contribution is 0.321. The number of pyridine rings is 1. The number of benzene rings is 1. The molecule has 1 aromatic heterocycles. The largest absolute Gasteiger partial charge is 0.383 e. The van der Waals surface area contributed by atoms with Crippen LogP contribution in [0.25, 0.3) is 10.9 Å². The third-order valence-electron chi connectivity index (χ3n) is 3.17. The van der Waals surface area contributed by atoms with Crippen LogP contribution >= 0.6 is 0 Å². The van der Waals surface area contributed by atoms with Gasteiger partial charge in [0.2, 0.25) is 0 Å². The summed E-state index contributed by atoms with van der Waals surface area (Å²) in [4.78, 5) is 6.76. The summed E-state index contributed by atoms with van der Waals surface area (Å²) in [6, 6.07) is 10.3. The first-order valence-electron chi connectivity index (χ1n) is 6.53. The Kier molecular flexibility index (Phi) is 4.15. The van der Waals surface area contributed by atoms with Gasteiger partial charge in [0.15, 0.2) is 0 Å². The second kappa shape index (κ2) is 5.83. The highest BCUT2D eigenvalue weighted by molar-refractivity contribution is 5.81. The molecule has 2 N–H and O–H groups in total. The average molecular weight is 243 g/mol. The van der Waals surface area contributed by atoms with E-state index in [0.717, 1.165) is 29.6 Å². The minimum Gasteiger partial charge on any atom is -0.383 e. The molecule has 0 unspecified atom stereocenters. The fraction of sp³-hybridized carbons (Fsp3) is 0.400. The number of aromatic nitrogens is 1. The lowest BCUT2D eigenvalue weighted by atomic mass is 10.1. The Morgan fingerprint density at radius 2 is 2.06 bits per heavy atom. The third kappa shape index (κ3) is 2.99. The molecule has 0 amide bonds. The van der Waals surface area contributed by atoms with Gasteiger partial charge in [0, 0.05) is 17.5 Å². The normalized spacial score (nSPS) is 11.3. The molecule has 0 aliphatic heterocycles. The van der Waals surface area contributed by atoms with Gasteiger partial charge in [-0.3, -0.25) is 0 Å². The molecule has 3 heteroatoms. The van der Waals surface area contributed by atoms with Crippen LogP contribution in [0, 0.1) is 0 Å². The van der Waals surface area contributed by atoms with Crippen LogP contribution in [0.5, 0.6) is 0 Å². The average Bonchev–Trinajstić information content (AvgIpc) is 2.37. The van der Waals surface area contributed by atoms with Gasteiger partial charge in [-0.2, -0.15) is 0 Å². The van der Waals surface area contributed by atoms with Crippen molar-refractivity contribution in [2.75, 3.05) is 19.3 Å². The molecule has 2 aromatic rings. The maximum absolute atomic E-state index is 6.03. The highest BCUT2D eigenvalue weighted by atomic mass is 15.1. The molecular weight excluding hydrogens is 222 g/mol. The van der Waals surface area contributed by atoms with Crippen molar-refractivity contribution in [3.05, 3.63) is 35.9 Å². The molecule has 0 bridgehead atoms. The first-order chi connectivity index (χ1) is 8.70. The van der Waals surface area contributed by atoms with Gasteiger partial charge < -0.3 is 10.6 Å². The molecular formula is C15H21N3. The summed E-state index contributed by atoms with van der Waals surface area (Å²) in [5.41, 5.74) is 8.11. The van der Waals surface area contributed by atoms with E-state index in [4.69, 9.17) is 5.73 Å². The van der Waals surface area contributed by atoms with E-state index in [1.807, 2.05) is 18.2 Å². The molecule has 96 valence electrons. The molecule has 1 aromatic carbocycles. The number of nitrogens with zero attached hydrogens (tertiary/aromatic N) is 2. The zero-order chi connectivity index (χ0) is 13.0. The predicted molar refractivity (Wildman–Crippen MR) is 77.4 cm³/mol. The number of rotatable bonds is 5. The van der Waals surface area contributed by atoms with E-state index in [9.17, 15) is 0 Å². The van der Waals surface area contributed by atoms with E-state index < -0.39 is 0 Å². The van der Waals surface area contributed by atoms with Gasteiger partial charge in [-0.25, -0.2) is 4.98 Å². The van der Waals surface area contributed by atoms with Crippen LogP contribution in [0.4, 0.5) is 5.82 Å². The minimum atomic E-state index is 0.650. The Balaban J connectivity index is 2.19. The molecule has 0 saturated heterocycles. The van der Waals surface area contributed by atoms with E-state index in [1.165, 1.54) is 12.8 Å². The van der Waals surface area contributed by atoms with Crippen molar-refractivity contribution in [2.24, 2.45) is 0 Å². The Morgan fingerprint density at radius 3 is 2.83 bits per heavy atom. The molecule has 18 heavy (non-hydrogen) atoms. The minimum absolute atomic E-state index is 0.650. The Hall–Kier alpha value is -1.61. The number of hydrogen-bond donors (Lipinski definition) is 1. The molecule has 3 nitrogen and oxygen atoms in total. The van der Waals surface area contributed by atoms with Crippen molar-refractivity contribution in [2.45, 2.75) is 26.3 Å². The van der Waals surface area contributed by atoms with Crippen molar-refractivity contribution in [1.29, 1.82) is 0 Å². The Bertz CT molecular complexity index is 522. The van der Waals surface area contributed by atoms with Crippen LogP contribution in [0.15, 0.2) is 30.3 Å². The SMILES string of the molecule is CCCCN(C)Cc1cc2ccccc2nc1N. The third-order valence-corrected chi connectivity index (χ3v) is 3.17. The van der Waals surface area contributed by atoms with Crippen molar-refractivity contribution >= 4 is 16.7 Å². The smallest absolute Gasteiger partial charge is 0.128 e. The molecule has 0 fully saturated rings. The number of nitrogens with two attached hydrogens (primary N) is 1. The van der Waals surface area contributed by atoms with Crippen LogP contribution in [0.1, 0.15) is 25.3 Å². The molecule has 0 saturated carbocycles. The van der Waals surface area contributed by atoms with Gasteiger partial charge >= 0.3 is 0 Å². The lowest BCUT2D eigenvalue weighted by Gasteiger charge is -2.17. The van der Waals surface area contributed by atoms with Gasteiger partial charge in [0.25, 0.3) is 0 Å². The van der Waals surface area contributed by atoms with E-state index in [1.54, 1.807) is 0 Å². The van der Waals surface area contributed by atoms with Crippen LogP contribution < -0.4 is 5.73 Å². The summed E-state index contributed by atoms with van der Waals surface area (Å²) >= 11 is 0.